The average molecular weight is 261 g/mol. The van der Waals surface area contributed by atoms with Gasteiger partial charge < -0.3 is 10.6 Å². The molecule has 0 saturated carbocycles. The number of urea groups is 1. The number of hydrogen-bond donors (Lipinski definition) is 3. The van der Waals surface area contributed by atoms with Gasteiger partial charge in [0.1, 0.15) is 6.04 Å². The van der Waals surface area contributed by atoms with Gasteiger partial charge in [-0.25, -0.2) is 4.79 Å². The molecule has 6 nitrogen and oxygen atoms in total. The van der Waals surface area contributed by atoms with Crippen LogP contribution in [0, 0.1) is 0 Å². The van der Waals surface area contributed by atoms with E-state index in [9.17, 15) is 14.4 Å². The van der Waals surface area contributed by atoms with E-state index in [1.54, 1.807) is 0 Å². The van der Waals surface area contributed by atoms with Crippen LogP contribution in [-0.4, -0.2) is 23.9 Å². The number of rotatable bonds is 4. The molecule has 0 bridgehead atoms. The highest BCUT2D eigenvalue weighted by molar-refractivity contribution is 6.06. The summed E-state index contributed by atoms with van der Waals surface area (Å²) in [6.45, 7) is 2.05. The molecule has 1 aliphatic heterocycles. The van der Waals surface area contributed by atoms with Gasteiger partial charge in [-0.05, 0) is 24.1 Å². The first-order valence-electron chi connectivity index (χ1n) is 6.08. The Morgan fingerprint density at radius 2 is 1.95 bits per heavy atom. The average Bonchev–Trinajstić information content (AvgIpc) is 2.68. The van der Waals surface area contributed by atoms with Crippen LogP contribution in [0.5, 0.6) is 0 Å². The van der Waals surface area contributed by atoms with Crippen LogP contribution in [0.1, 0.15) is 18.9 Å². The van der Waals surface area contributed by atoms with Gasteiger partial charge in [0.25, 0.3) is 5.91 Å². The molecule has 3 N–H and O–H groups in total. The smallest absolute Gasteiger partial charge is 0.322 e. The SMILES string of the molecule is CCc1ccc(NC(=O)CC2NC(=O)NC2=O)cc1. The Kier molecular flexibility index (Phi) is 3.79. The third-order valence-electron chi connectivity index (χ3n) is 2.89. The molecule has 0 radical (unpaired) electrons. The Balaban J connectivity index is 1.90. The molecule has 1 atom stereocenters. The molecule has 1 aliphatic rings. The third-order valence-corrected chi connectivity index (χ3v) is 2.89. The number of anilines is 1. The van der Waals surface area contributed by atoms with Crippen LogP contribution in [0.15, 0.2) is 24.3 Å². The van der Waals surface area contributed by atoms with Gasteiger partial charge in [0, 0.05) is 5.69 Å². The fourth-order valence-corrected chi connectivity index (χ4v) is 1.82. The Morgan fingerprint density at radius 1 is 1.26 bits per heavy atom. The number of amides is 4. The van der Waals surface area contributed by atoms with E-state index in [4.69, 9.17) is 0 Å². The van der Waals surface area contributed by atoms with Crippen LogP contribution >= 0.6 is 0 Å². The zero-order valence-electron chi connectivity index (χ0n) is 10.5. The van der Waals surface area contributed by atoms with Gasteiger partial charge in [-0.15, -0.1) is 0 Å². The summed E-state index contributed by atoms with van der Waals surface area (Å²) in [4.78, 5) is 33.9. The minimum absolute atomic E-state index is 0.0763. The summed E-state index contributed by atoms with van der Waals surface area (Å²) in [5.41, 5.74) is 1.85. The minimum atomic E-state index is -0.789. The van der Waals surface area contributed by atoms with Crippen LogP contribution in [0.4, 0.5) is 10.5 Å². The van der Waals surface area contributed by atoms with Gasteiger partial charge in [-0.3, -0.25) is 14.9 Å². The van der Waals surface area contributed by atoms with Crippen LogP contribution in [0.2, 0.25) is 0 Å². The van der Waals surface area contributed by atoms with Gasteiger partial charge in [0.2, 0.25) is 5.91 Å². The molecule has 1 fully saturated rings. The van der Waals surface area contributed by atoms with Crippen molar-refractivity contribution in [3.63, 3.8) is 0 Å². The van der Waals surface area contributed by atoms with Crippen molar-refractivity contribution >= 4 is 23.5 Å². The van der Waals surface area contributed by atoms with Crippen LogP contribution in [-0.2, 0) is 16.0 Å². The maximum Gasteiger partial charge on any atom is 0.322 e. The second kappa shape index (κ2) is 5.51. The Bertz CT molecular complexity index is 510. The highest BCUT2D eigenvalue weighted by Gasteiger charge is 2.31. The molecule has 4 amide bonds. The normalized spacial score (nSPS) is 17.8. The van der Waals surface area contributed by atoms with Crippen molar-refractivity contribution in [3.8, 4) is 0 Å². The lowest BCUT2D eigenvalue weighted by atomic mass is 10.1. The molecule has 1 unspecified atom stereocenters. The van der Waals surface area contributed by atoms with Crippen molar-refractivity contribution in [2.75, 3.05) is 5.32 Å². The summed E-state index contributed by atoms with van der Waals surface area (Å²) in [6.07, 6.45) is 0.857. The molecule has 0 aliphatic carbocycles. The van der Waals surface area contributed by atoms with Crippen LogP contribution in [0.3, 0.4) is 0 Å². The molecule has 1 heterocycles. The van der Waals surface area contributed by atoms with E-state index in [0.29, 0.717) is 5.69 Å². The lowest BCUT2D eigenvalue weighted by molar-refractivity contribution is -0.124. The van der Waals surface area contributed by atoms with E-state index in [2.05, 4.69) is 22.9 Å². The standard InChI is InChI=1S/C13H15N3O3/c1-2-8-3-5-9(6-4-8)14-11(17)7-10-12(18)16-13(19)15-10/h3-6,10H,2,7H2,1H3,(H,14,17)(H2,15,16,18,19). The summed E-state index contributed by atoms with van der Waals surface area (Å²) < 4.78 is 0. The number of aryl methyl sites for hydroxylation is 1. The molecule has 0 spiro atoms. The minimum Gasteiger partial charge on any atom is -0.326 e. The largest absolute Gasteiger partial charge is 0.326 e. The Labute approximate surface area is 110 Å². The first kappa shape index (κ1) is 13.1. The van der Waals surface area contributed by atoms with E-state index >= 15 is 0 Å². The molecule has 100 valence electrons. The molecular weight excluding hydrogens is 246 g/mol. The molecular formula is C13H15N3O3. The zero-order chi connectivity index (χ0) is 13.8. The number of benzene rings is 1. The first-order chi connectivity index (χ1) is 9.08. The van der Waals surface area contributed by atoms with Crippen molar-refractivity contribution in [1.29, 1.82) is 0 Å². The monoisotopic (exact) mass is 261 g/mol. The van der Waals surface area contributed by atoms with E-state index in [1.165, 1.54) is 5.56 Å². The first-order valence-corrected chi connectivity index (χ1v) is 6.08. The highest BCUT2D eigenvalue weighted by Crippen LogP contribution is 2.11. The summed E-state index contributed by atoms with van der Waals surface area (Å²) in [6, 6.07) is 6.13. The third kappa shape index (κ3) is 3.31. The second-order valence-corrected chi connectivity index (χ2v) is 4.32. The molecule has 0 aromatic heterocycles. The number of imide groups is 1. The molecule has 6 heteroatoms. The van der Waals surface area contributed by atoms with Gasteiger partial charge >= 0.3 is 6.03 Å². The van der Waals surface area contributed by atoms with E-state index in [0.717, 1.165) is 6.42 Å². The number of hydrogen-bond acceptors (Lipinski definition) is 3. The summed E-state index contributed by atoms with van der Waals surface area (Å²) in [5.74, 6) is -0.784. The van der Waals surface area contributed by atoms with E-state index in [1.807, 2.05) is 24.3 Å². The molecule has 19 heavy (non-hydrogen) atoms. The fourth-order valence-electron chi connectivity index (χ4n) is 1.82. The van der Waals surface area contributed by atoms with Crippen molar-refractivity contribution < 1.29 is 14.4 Å². The number of carbonyl (C=O) groups is 3. The van der Waals surface area contributed by atoms with Crippen LogP contribution in [0.25, 0.3) is 0 Å². The lowest BCUT2D eigenvalue weighted by Gasteiger charge is -2.08. The predicted molar refractivity (Wildman–Crippen MR) is 69.5 cm³/mol. The van der Waals surface area contributed by atoms with Gasteiger partial charge in [0.05, 0.1) is 6.42 Å². The lowest BCUT2D eigenvalue weighted by Crippen LogP contribution is -2.33. The van der Waals surface area contributed by atoms with Crippen molar-refractivity contribution in [3.05, 3.63) is 29.8 Å². The Morgan fingerprint density at radius 3 is 2.47 bits per heavy atom. The van der Waals surface area contributed by atoms with Crippen molar-refractivity contribution in [2.45, 2.75) is 25.8 Å². The van der Waals surface area contributed by atoms with Gasteiger partial charge in [-0.2, -0.15) is 0 Å². The molecule has 1 aromatic carbocycles. The quantitative estimate of drug-likeness (QED) is 0.700. The highest BCUT2D eigenvalue weighted by atomic mass is 16.2. The second-order valence-electron chi connectivity index (χ2n) is 4.32. The maximum atomic E-state index is 11.7. The molecule has 1 aromatic rings. The van der Waals surface area contributed by atoms with Gasteiger partial charge in [-0.1, -0.05) is 19.1 Å². The van der Waals surface area contributed by atoms with Crippen LogP contribution < -0.4 is 16.0 Å². The summed E-state index contributed by atoms with van der Waals surface area (Å²) >= 11 is 0. The molecule has 2 rings (SSSR count). The van der Waals surface area contributed by atoms with Gasteiger partial charge in [0.15, 0.2) is 0 Å². The maximum absolute atomic E-state index is 11.7. The van der Waals surface area contributed by atoms with E-state index < -0.39 is 18.0 Å². The summed E-state index contributed by atoms with van der Waals surface area (Å²) in [5, 5.41) is 7.15. The topological polar surface area (TPSA) is 87.3 Å². The number of nitrogens with one attached hydrogen (secondary N) is 3. The van der Waals surface area contributed by atoms with Crippen molar-refractivity contribution in [2.24, 2.45) is 0 Å². The molecule has 1 saturated heterocycles. The summed E-state index contributed by atoms with van der Waals surface area (Å²) in [7, 11) is 0. The fraction of sp³-hybridized carbons (Fsp3) is 0.308. The Hall–Kier alpha value is -2.37. The predicted octanol–water partition coefficient (Wildman–Crippen LogP) is 0.786. The van der Waals surface area contributed by atoms with Crippen molar-refractivity contribution in [1.82, 2.24) is 10.6 Å². The zero-order valence-corrected chi connectivity index (χ0v) is 10.5. The number of carbonyl (C=O) groups excluding carboxylic acids is 3. The van der Waals surface area contributed by atoms with E-state index in [-0.39, 0.29) is 12.3 Å².